The standard InChI is InChI=1S/C61H102O6/c1-4-7-10-13-16-19-22-25-28-30-33-35-38-41-44-47-50-53-59(62)65-56-58(67-61(64)55-52-49-46-43-40-37-32-27-24-21-18-15-12-9-6-3)57-66-60(63)54-51-48-45-42-39-36-34-31-29-26-23-20-17-14-11-8-5-2/h7,9-10,12,16,18-19,21,25-29,32-33,35,58H,4-6,8,11,13-15,17,20,22-24,30-31,34,36-57H2,1-3H3/b10-7-,12-9-,19-16-,21-18-,28-25-,29-26-,32-27-,35-33-/t58-/m1/s1. The van der Waals surface area contributed by atoms with E-state index < -0.39 is 6.10 Å². The van der Waals surface area contributed by atoms with Crippen molar-refractivity contribution >= 4 is 17.9 Å². The van der Waals surface area contributed by atoms with Gasteiger partial charge in [0.2, 0.25) is 0 Å². The van der Waals surface area contributed by atoms with Gasteiger partial charge in [0.1, 0.15) is 13.2 Å². The molecular weight excluding hydrogens is 829 g/mol. The summed E-state index contributed by atoms with van der Waals surface area (Å²) in [5, 5.41) is 0. The maximum Gasteiger partial charge on any atom is 0.306 e. The first-order valence-electron chi connectivity index (χ1n) is 27.7. The molecule has 0 aromatic carbocycles. The second-order valence-corrected chi connectivity index (χ2v) is 18.1. The van der Waals surface area contributed by atoms with Crippen molar-refractivity contribution in [3.63, 3.8) is 0 Å². The third-order valence-corrected chi connectivity index (χ3v) is 11.6. The normalized spacial score (nSPS) is 12.8. The van der Waals surface area contributed by atoms with Gasteiger partial charge in [-0.05, 0) is 116 Å². The Morgan fingerprint density at radius 3 is 0.925 bits per heavy atom. The molecule has 1 atom stereocenters. The Morgan fingerprint density at radius 1 is 0.313 bits per heavy atom. The van der Waals surface area contributed by atoms with E-state index in [0.29, 0.717) is 19.3 Å². The molecule has 0 aliphatic rings. The molecule has 0 aromatic rings. The quantitative estimate of drug-likeness (QED) is 0.0262. The van der Waals surface area contributed by atoms with Crippen LogP contribution in [0.15, 0.2) is 97.2 Å². The summed E-state index contributed by atoms with van der Waals surface area (Å²) in [5.74, 6) is -0.940. The highest BCUT2D eigenvalue weighted by atomic mass is 16.6. The maximum atomic E-state index is 12.8. The average molecular weight is 931 g/mol. The molecule has 6 nitrogen and oxygen atoms in total. The van der Waals surface area contributed by atoms with Crippen LogP contribution in [0.25, 0.3) is 0 Å². The van der Waals surface area contributed by atoms with Gasteiger partial charge in [-0.1, -0.05) is 214 Å². The van der Waals surface area contributed by atoms with Gasteiger partial charge >= 0.3 is 17.9 Å². The molecule has 0 unspecified atom stereocenters. The minimum atomic E-state index is -0.800. The molecule has 0 saturated carbocycles. The number of carbonyl (C=O) groups excluding carboxylic acids is 3. The Labute approximate surface area is 413 Å². The van der Waals surface area contributed by atoms with Gasteiger partial charge in [-0.3, -0.25) is 14.4 Å². The van der Waals surface area contributed by atoms with Crippen LogP contribution in [0.5, 0.6) is 0 Å². The van der Waals surface area contributed by atoms with Crippen LogP contribution in [0.2, 0.25) is 0 Å². The summed E-state index contributed by atoms with van der Waals surface area (Å²) in [6, 6.07) is 0. The number of hydrogen-bond acceptors (Lipinski definition) is 6. The highest BCUT2D eigenvalue weighted by molar-refractivity contribution is 5.71. The first-order chi connectivity index (χ1) is 33.0. The van der Waals surface area contributed by atoms with Gasteiger partial charge < -0.3 is 14.2 Å². The molecular formula is C61H102O6. The van der Waals surface area contributed by atoms with E-state index in [-0.39, 0.29) is 31.1 Å². The van der Waals surface area contributed by atoms with Crippen LogP contribution in [-0.4, -0.2) is 37.2 Å². The highest BCUT2D eigenvalue weighted by Gasteiger charge is 2.19. The lowest BCUT2D eigenvalue weighted by Crippen LogP contribution is -2.30. The van der Waals surface area contributed by atoms with Crippen LogP contribution in [0, 0.1) is 0 Å². The minimum Gasteiger partial charge on any atom is -0.462 e. The lowest BCUT2D eigenvalue weighted by Gasteiger charge is -2.18. The van der Waals surface area contributed by atoms with E-state index in [2.05, 4.69) is 118 Å². The van der Waals surface area contributed by atoms with Gasteiger partial charge in [-0.15, -0.1) is 0 Å². The van der Waals surface area contributed by atoms with Crippen molar-refractivity contribution in [2.24, 2.45) is 0 Å². The van der Waals surface area contributed by atoms with Crippen molar-refractivity contribution in [2.45, 2.75) is 258 Å². The Balaban J connectivity index is 4.46. The molecule has 0 bridgehead atoms. The van der Waals surface area contributed by atoms with E-state index in [4.69, 9.17) is 14.2 Å². The monoisotopic (exact) mass is 931 g/mol. The van der Waals surface area contributed by atoms with E-state index in [0.717, 1.165) is 135 Å². The third kappa shape index (κ3) is 53.2. The number of rotatable bonds is 49. The van der Waals surface area contributed by atoms with Crippen LogP contribution in [0.1, 0.15) is 252 Å². The molecule has 0 N–H and O–H groups in total. The molecule has 0 fully saturated rings. The largest absolute Gasteiger partial charge is 0.462 e. The number of hydrogen-bond donors (Lipinski definition) is 0. The average Bonchev–Trinajstić information content (AvgIpc) is 3.33. The molecule has 382 valence electrons. The molecule has 0 rings (SSSR count). The molecule has 0 spiro atoms. The van der Waals surface area contributed by atoms with Crippen molar-refractivity contribution in [1.29, 1.82) is 0 Å². The smallest absolute Gasteiger partial charge is 0.306 e. The van der Waals surface area contributed by atoms with Gasteiger partial charge in [-0.25, -0.2) is 0 Å². The first-order valence-corrected chi connectivity index (χ1v) is 27.7. The molecule has 0 amide bonds. The second-order valence-electron chi connectivity index (χ2n) is 18.1. The summed E-state index contributed by atoms with van der Waals surface area (Å²) in [6.07, 6.45) is 72.5. The fraction of sp³-hybridized carbons (Fsp3) is 0.689. The SMILES string of the molecule is CC/C=C\C/C=C\C/C=C\C/C=C\CCCCCCC(=O)OC[C@H](COC(=O)CCCCCCCCC/C=C\CCCCCCCC)OC(=O)CCCCCCC/C=C\C/C=C\C/C=C\CC. The van der Waals surface area contributed by atoms with Gasteiger partial charge in [0.05, 0.1) is 0 Å². The fourth-order valence-corrected chi connectivity index (χ4v) is 7.44. The number of esters is 3. The van der Waals surface area contributed by atoms with Crippen LogP contribution >= 0.6 is 0 Å². The van der Waals surface area contributed by atoms with Gasteiger partial charge in [0.15, 0.2) is 6.10 Å². The van der Waals surface area contributed by atoms with Crippen molar-refractivity contribution in [1.82, 2.24) is 0 Å². The maximum absolute atomic E-state index is 12.8. The van der Waals surface area contributed by atoms with Gasteiger partial charge in [0, 0.05) is 19.3 Å². The zero-order valence-corrected chi connectivity index (χ0v) is 43.6. The lowest BCUT2D eigenvalue weighted by atomic mass is 10.1. The van der Waals surface area contributed by atoms with Crippen molar-refractivity contribution in [3.05, 3.63) is 97.2 Å². The predicted octanol–water partition coefficient (Wildman–Crippen LogP) is 18.5. The summed E-state index contributed by atoms with van der Waals surface area (Å²) in [4.78, 5) is 38.1. The van der Waals surface area contributed by atoms with E-state index in [1.165, 1.54) is 77.0 Å². The fourth-order valence-electron chi connectivity index (χ4n) is 7.44. The number of allylic oxidation sites excluding steroid dienone is 16. The number of ether oxygens (including phenoxy) is 3. The molecule has 6 heteroatoms. The number of unbranched alkanes of at least 4 members (excludes halogenated alkanes) is 22. The van der Waals surface area contributed by atoms with Gasteiger partial charge in [-0.2, -0.15) is 0 Å². The van der Waals surface area contributed by atoms with Crippen molar-refractivity contribution in [3.8, 4) is 0 Å². The first kappa shape index (κ1) is 63.3. The van der Waals surface area contributed by atoms with Crippen LogP contribution in [0.4, 0.5) is 0 Å². The third-order valence-electron chi connectivity index (χ3n) is 11.6. The molecule has 0 aliphatic carbocycles. The highest BCUT2D eigenvalue weighted by Crippen LogP contribution is 2.14. The summed E-state index contributed by atoms with van der Waals surface area (Å²) >= 11 is 0. The minimum absolute atomic E-state index is 0.0955. The Kier molecular flexibility index (Phi) is 51.9. The van der Waals surface area contributed by atoms with Crippen molar-refractivity contribution < 1.29 is 28.6 Å². The van der Waals surface area contributed by atoms with E-state index in [1.54, 1.807) is 0 Å². The van der Waals surface area contributed by atoms with Crippen LogP contribution < -0.4 is 0 Å². The molecule has 0 aromatic heterocycles. The topological polar surface area (TPSA) is 78.9 Å². The Morgan fingerprint density at radius 2 is 0.582 bits per heavy atom. The van der Waals surface area contributed by atoms with E-state index >= 15 is 0 Å². The summed E-state index contributed by atoms with van der Waals surface area (Å²) < 4.78 is 16.8. The van der Waals surface area contributed by atoms with Gasteiger partial charge in [0.25, 0.3) is 0 Å². The van der Waals surface area contributed by atoms with E-state index in [9.17, 15) is 14.4 Å². The summed E-state index contributed by atoms with van der Waals surface area (Å²) in [5.41, 5.74) is 0. The molecule has 0 aliphatic heterocycles. The Bertz CT molecular complexity index is 1350. The van der Waals surface area contributed by atoms with Crippen molar-refractivity contribution in [2.75, 3.05) is 13.2 Å². The van der Waals surface area contributed by atoms with E-state index in [1.807, 2.05) is 0 Å². The zero-order valence-electron chi connectivity index (χ0n) is 43.6. The zero-order chi connectivity index (χ0) is 48.6. The number of carbonyl (C=O) groups is 3. The summed E-state index contributed by atoms with van der Waals surface area (Å²) in [6.45, 7) is 6.37. The molecule has 0 saturated heterocycles. The molecule has 0 radical (unpaired) electrons. The van der Waals surface area contributed by atoms with Crippen LogP contribution in [-0.2, 0) is 28.6 Å². The van der Waals surface area contributed by atoms with Crippen LogP contribution in [0.3, 0.4) is 0 Å². The predicted molar refractivity (Wildman–Crippen MR) is 288 cm³/mol. The lowest BCUT2D eigenvalue weighted by molar-refractivity contribution is -0.167. The second kappa shape index (κ2) is 54.9. The molecule has 67 heavy (non-hydrogen) atoms. The Hall–Kier alpha value is -3.67. The molecule has 0 heterocycles. The summed E-state index contributed by atoms with van der Waals surface area (Å²) in [7, 11) is 0.